The largest absolute Gasteiger partial charge is 2.00 e. The molecule has 0 aliphatic rings. The zero-order valence-electron chi connectivity index (χ0n) is 15.5. The van der Waals surface area contributed by atoms with Crippen molar-refractivity contribution in [1.82, 2.24) is 0 Å². The monoisotopic (exact) mass is 368 g/mol. The van der Waals surface area contributed by atoms with E-state index >= 15 is 0 Å². The Labute approximate surface area is 177 Å². The van der Waals surface area contributed by atoms with Gasteiger partial charge in [-0.25, -0.2) is 0 Å². The van der Waals surface area contributed by atoms with Gasteiger partial charge in [-0.1, -0.05) is 97.9 Å². The van der Waals surface area contributed by atoms with E-state index in [0.717, 1.165) is 16.7 Å². The number of benzene rings is 3. The van der Waals surface area contributed by atoms with E-state index in [1.54, 1.807) is 0 Å². The van der Waals surface area contributed by atoms with Crippen LogP contribution >= 0.6 is 0 Å². The molecule has 0 aliphatic heterocycles. The van der Waals surface area contributed by atoms with Crippen LogP contribution in [-0.4, -0.2) is 30.4 Å². The first-order valence-electron chi connectivity index (χ1n) is 8.84. The molecule has 3 aromatic carbocycles. The van der Waals surface area contributed by atoms with Crippen molar-refractivity contribution in [3.8, 4) is 0 Å². The Bertz CT molecular complexity index is 758. The van der Waals surface area contributed by atoms with Gasteiger partial charge >= 0.3 is 23.1 Å². The Kier molecular flexibility index (Phi) is 8.08. The molecule has 0 radical (unpaired) electrons. The van der Waals surface area contributed by atoms with Crippen LogP contribution in [-0.2, 0) is 10.3 Å². The van der Waals surface area contributed by atoms with Gasteiger partial charge in [-0.2, -0.15) is 0 Å². The first kappa shape index (κ1) is 21.7. The maximum absolute atomic E-state index is 11.8. The Morgan fingerprint density at radius 3 is 1.56 bits per heavy atom. The quantitative estimate of drug-likeness (QED) is 0.602. The fourth-order valence-corrected chi connectivity index (χ4v) is 3.75. The van der Waals surface area contributed by atoms with Gasteiger partial charge in [0.05, 0.1) is 7.32 Å². The zero-order chi connectivity index (χ0) is 18.4. The van der Waals surface area contributed by atoms with E-state index < -0.39 is 12.9 Å². The first-order valence-corrected chi connectivity index (χ1v) is 8.84. The Morgan fingerprint density at radius 2 is 1.19 bits per heavy atom. The second-order valence-corrected chi connectivity index (χ2v) is 6.25. The molecular formula is C22H21BMgO3. The topological polar surface area (TPSA) is 55.3 Å². The van der Waals surface area contributed by atoms with Crippen molar-refractivity contribution in [2.24, 2.45) is 0 Å². The zero-order valence-corrected chi connectivity index (χ0v) is 16.9. The minimum Gasteiger partial charge on any atom is -0.871 e. The normalized spacial score (nSPS) is 12.1. The molecule has 0 saturated carbocycles. The Balaban J connectivity index is 0.00000261. The summed E-state index contributed by atoms with van der Waals surface area (Å²) in [5.41, 5.74) is 1.49. The Hall–Kier alpha value is -1.63. The predicted molar refractivity (Wildman–Crippen MR) is 106 cm³/mol. The summed E-state index contributed by atoms with van der Waals surface area (Å²) in [6.07, 6.45) is 0.709. The van der Waals surface area contributed by atoms with Crippen molar-refractivity contribution < 1.29 is 14.7 Å². The van der Waals surface area contributed by atoms with Gasteiger partial charge in [0.25, 0.3) is 0 Å². The number of rotatable bonds is 7. The van der Waals surface area contributed by atoms with Crippen molar-refractivity contribution in [2.75, 3.05) is 0 Å². The van der Waals surface area contributed by atoms with E-state index in [0.29, 0.717) is 6.42 Å². The fraction of sp³-hybridized carbons (Fsp3) is 0.182. The molecule has 3 rings (SSSR count). The molecule has 3 nitrogen and oxygen atoms in total. The predicted octanol–water partition coefficient (Wildman–Crippen LogP) is 2.47. The molecule has 0 aromatic heterocycles. The van der Waals surface area contributed by atoms with Crippen LogP contribution in [0.2, 0.25) is 0 Å². The van der Waals surface area contributed by atoms with Gasteiger partial charge in [0, 0.05) is 5.92 Å². The standard InChI is InChI=1S/C22H21BO3.Mg/c1-2-21(18-12-6-3-7-13-18)22(26-23(24)25,19-14-8-4-9-15-19)20-16-10-5-11-17-20;/h3-17,21H,2H2,1H3;/q-2;+2. The van der Waals surface area contributed by atoms with Crippen LogP contribution in [0, 0.1) is 0 Å². The SMILES string of the molecule is CCC(c1ccccc1)C(OB([O-])[O-])(c1ccccc1)c1ccccc1.[Mg+2]. The molecule has 0 heterocycles. The molecule has 0 spiro atoms. The van der Waals surface area contributed by atoms with Crippen LogP contribution < -0.4 is 10.0 Å². The number of hydrogen-bond acceptors (Lipinski definition) is 3. The summed E-state index contributed by atoms with van der Waals surface area (Å²) in [5, 5.41) is 23.5. The van der Waals surface area contributed by atoms with Crippen LogP contribution in [0.15, 0.2) is 91.0 Å². The van der Waals surface area contributed by atoms with Gasteiger partial charge in [-0.05, 0) is 23.1 Å². The van der Waals surface area contributed by atoms with E-state index in [9.17, 15) is 10.0 Å². The molecule has 0 amide bonds. The van der Waals surface area contributed by atoms with Crippen LogP contribution in [0.1, 0.15) is 36.0 Å². The van der Waals surface area contributed by atoms with Gasteiger partial charge < -0.3 is 14.7 Å². The van der Waals surface area contributed by atoms with Gasteiger partial charge in [0.15, 0.2) is 0 Å². The molecule has 132 valence electrons. The third-order valence-corrected chi connectivity index (χ3v) is 4.79. The summed E-state index contributed by atoms with van der Waals surface area (Å²) in [6, 6.07) is 29.0. The smallest absolute Gasteiger partial charge is 0.871 e. The van der Waals surface area contributed by atoms with E-state index in [-0.39, 0.29) is 29.0 Å². The van der Waals surface area contributed by atoms with Gasteiger partial charge in [-0.15, -0.1) is 0 Å². The van der Waals surface area contributed by atoms with Crippen LogP contribution in [0.4, 0.5) is 0 Å². The molecule has 0 aliphatic carbocycles. The molecule has 0 saturated heterocycles. The molecule has 0 N–H and O–H groups in total. The van der Waals surface area contributed by atoms with E-state index in [1.165, 1.54) is 0 Å². The summed E-state index contributed by atoms with van der Waals surface area (Å²) in [4.78, 5) is 0. The van der Waals surface area contributed by atoms with Gasteiger partial charge in [-0.3, -0.25) is 0 Å². The summed E-state index contributed by atoms with van der Waals surface area (Å²) in [5.74, 6) is -0.182. The molecular weight excluding hydrogens is 347 g/mol. The van der Waals surface area contributed by atoms with Crippen LogP contribution in [0.25, 0.3) is 0 Å². The van der Waals surface area contributed by atoms with Crippen LogP contribution in [0.3, 0.4) is 0 Å². The molecule has 3 aromatic rings. The summed E-state index contributed by atoms with van der Waals surface area (Å²) >= 11 is 0. The van der Waals surface area contributed by atoms with Crippen molar-refractivity contribution in [3.05, 3.63) is 108 Å². The van der Waals surface area contributed by atoms with Crippen LogP contribution in [0.5, 0.6) is 0 Å². The van der Waals surface area contributed by atoms with Crippen molar-refractivity contribution in [2.45, 2.75) is 24.9 Å². The minimum atomic E-state index is -2.40. The third kappa shape index (κ3) is 4.62. The fourth-order valence-electron chi connectivity index (χ4n) is 3.75. The average Bonchev–Trinajstić information content (AvgIpc) is 2.69. The van der Waals surface area contributed by atoms with Gasteiger partial charge in [0.2, 0.25) is 0 Å². The van der Waals surface area contributed by atoms with E-state index in [4.69, 9.17) is 4.65 Å². The second kappa shape index (κ2) is 10.1. The molecule has 27 heavy (non-hydrogen) atoms. The number of hydrogen-bond donors (Lipinski definition) is 0. The third-order valence-electron chi connectivity index (χ3n) is 4.79. The van der Waals surface area contributed by atoms with Crippen molar-refractivity contribution in [3.63, 3.8) is 0 Å². The molecule has 1 atom stereocenters. The van der Waals surface area contributed by atoms with Gasteiger partial charge in [0.1, 0.15) is 5.60 Å². The maximum Gasteiger partial charge on any atom is 2.00 e. The molecule has 0 fully saturated rings. The summed E-state index contributed by atoms with van der Waals surface area (Å²) in [7, 11) is -2.40. The van der Waals surface area contributed by atoms with E-state index in [1.807, 2.05) is 97.9 Å². The van der Waals surface area contributed by atoms with E-state index in [2.05, 4.69) is 0 Å². The maximum atomic E-state index is 11.8. The second-order valence-electron chi connectivity index (χ2n) is 6.25. The molecule has 5 heteroatoms. The summed E-state index contributed by atoms with van der Waals surface area (Å²) < 4.78 is 5.71. The first-order chi connectivity index (χ1) is 12.7. The van der Waals surface area contributed by atoms with Crippen molar-refractivity contribution in [1.29, 1.82) is 0 Å². The molecule has 0 bridgehead atoms. The average molecular weight is 369 g/mol. The minimum absolute atomic E-state index is 0. The summed E-state index contributed by atoms with van der Waals surface area (Å²) in [6.45, 7) is 2.05. The van der Waals surface area contributed by atoms with Crippen molar-refractivity contribution >= 4 is 30.4 Å². The molecule has 1 unspecified atom stereocenters. The Morgan fingerprint density at radius 1 is 0.778 bits per heavy atom.